The Bertz CT molecular complexity index is 2550. The molecule has 0 aliphatic heterocycles. The Kier molecular flexibility index (Phi) is 16.5. The molecule has 2 saturated carbocycles. The molecule has 4 aliphatic carbocycles. The summed E-state index contributed by atoms with van der Waals surface area (Å²) in [5, 5.41) is 0. The Hall–Kier alpha value is -5.74. The number of ether oxygens (including phenoxy) is 2. The molecule has 2 fully saturated rings. The number of rotatable bonds is 17. The van der Waals surface area contributed by atoms with E-state index in [1.807, 2.05) is 60.7 Å². The largest absolute Gasteiger partial charge is 0.422 e. The molecule has 0 N–H and O–H groups in total. The van der Waals surface area contributed by atoms with Gasteiger partial charge in [0.15, 0.2) is 0 Å². The van der Waals surface area contributed by atoms with Gasteiger partial charge in [-0.3, -0.25) is 0 Å². The number of carbonyl (C=O) groups excluding carboxylic acids is 2. The lowest BCUT2D eigenvalue weighted by Crippen LogP contribution is -2.15. The minimum absolute atomic E-state index is 0.391. The van der Waals surface area contributed by atoms with Crippen LogP contribution in [-0.4, -0.2) is 11.9 Å². The summed E-state index contributed by atoms with van der Waals surface area (Å²) >= 11 is 0. The van der Waals surface area contributed by atoms with Gasteiger partial charge in [-0.15, -0.1) is 0 Å². The summed E-state index contributed by atoms with van der Waals surface area (Å²) < 4.78 is 13.0. The van der Waals surface area contributed by atoms with Crippen molar-refractivity contribution >= 4 is 11.9 Å². The maximum absolute atomic E-state index is 14.2. The van der Waals surface area contributed by atoms with Crippen molar-refractivity contribution in [1.29, 1.82) is 0 Å². The predicted molar refractivity (Wildman–Crippen MR) is 297 cm³/mol. The van der Waals surface area contributed by atoms with Crippen LogP contribution in [-0.2, 0) is 25.7 Å². The van der Waals surface area contributed by atoms with E-state index >= 15 is 0 Å². The van der Waals surface area contributed by atoms with Crippen molar-refractivity contribution in [2.75, 3.05) is 0 Å². The number of benzene rings is 6. The summed E-state index contributed by atoms with van der Waals surface area (Å²) in [5.41, 5.74) is 15.2. The van der Waals surface area contributed by atoms with Crippen LogP contribution in [0.4, 0.5) is 0 Å². The molecule has 10 rings (SSSR count). The molecular weight excluding hydrogens is 881 g/mol. The Morgan fingerprint density at radius 1 is 0.403 bits per heavy atom. The normalized spacial score (nSPS) is 19.8. The topological polar surface area (TPSA) is 52.6 Å². The van der Waals surface area contributed by atoms with Crippen molar-refractivity contribution < 1.29 is 19.1 Å². The third kappa shape index (κ3) is 11.7. The molecule has 0 bridgehead atoms. The van der Waals surface area contributed by atoms with Crippen molar-refractivity contribution in [3.63, 3.8) is 0 Å². The number of hydrogen-bond acceptors (Lipinski definition) is 4. The molecule has 0 aromatic heterocycles. The second kappa shape index (κ2) is 23.9. The summed E-state index contributed by atoms with van der Waals surface area (Å²) in [5.74, 6) is 3.39. The Balaban J connectivity index is 0.844. The molecule has 0 amide bonds. The quantitative estimate of drug-likeness (QED) is 0.0519. The second-order valence-electron chi connectivity index (χ2n) is 22.2. The molecule has 0 spiro atoms. The highest BCUT2D eigenvalue weighted by atomic mass is 16.5. The van der Waals surface area contributed by atoms with Gasteiger partial charge in [0.25, 0.3) is 0 Å². The maximum Gasteiger partial charge on any atom is 0.343 e. The van der Waals surface area contributed by atoms with Gasteiger partial charge in [-0.2, -0.15) is 0 Å². The monoisotopic (exact) mass is 959 g/mol. The average molecular weight is 959 g/mol. The fraction of sp³-hybridized carbons (Fsp3) is 0.441. The van der Waals surface area contributed by atoms with Crippen molar-refractivity contribution in [3.05, 3.63) is 166 Å². The van der Waals surface area contributed by atoms with E-state index in [0.29, 0.717) is 34.5 Å². The fourth-order valence-corrected chi connectivity index (χ4v) is 13.1. The smallest absolute Gasteiger partial charge is 0.343 e. The third-order valence-electron chi connectivity index (χ3n) is 17.4. The number of hydrogen-bond donors (Lipinski definition) is 0. The number of unbranched alkanes of at least 4 members (excludes halogenated alkanes) is 4. The van der Waals surface area contributed by atoms with Gasteiger partial charge in [0, 0.05) is 11.1 Å². The summed E-state index contributed by atoms with van der Waals surface area (Å²) in [6, 6.07) is 42.2. The van der Waals surface area contributed by atoms with Crippen LogP contribution in [0.1, 0.15) is 208 Å². The lowest BCUT2D eigenvalue weighted by atomic mass is 9.77. The van der Waals surface area contributed by atoms with Gasteiger partial charge in [-0.25, -0.2) is 9.59 Å². The fourth-order valence-electron chi connectivity index (χ4n) is 13.1. The van der Waals surface area contributed by atoms with E-state index in [1.54, 1.807) is 0 Å². The first-order chi connectivity index (χ1) is 35.4. The van der Waals surface area contributed by atoms with Crippen LogP contribution in [0.15, 0.2) is 121 Å². The van der Waals surface area contributed by atoms with Gasteiger partial charge in [0.05, 0.1) is 11.1 Å². The molecular formula is C68H78O4. The van der Waals surface area contributed by atoms with E-state index in [9.17, 15) is 9.59 Å². The second-order valence-corrected chi connectivity index (χ2v) is 22.2. The molecule has 4 heteroatoms. The summed E-state index contributed by atoms with van der Waals surface area (Å²) in [6.07, 6.45) is 29.5. The molecule has 72 heavy (non-hydrogen) atoms. The average Bonchev–Trinajstić information content (AvgIpc) is 3.44. The standard InChI is InChI=1S/C68H78O4/c1-3-5-7-13-47-19-23-49(24-20-47)51-27-31-53(32-28-51)55-35-39-59(40-36-55)67(69)71-63-45-43-57-15-9-11-17-61(57)65(63)66-62-18-12-10-16-58(62)44-46-64(66)72-68(70)60-41-37-56(38-42-60)54-33-29-52(30-34-54)50-25-21-48(22-26-50)14-8-6-4-2/h27-50H,3-26H2,1-2H3. The van der Waals surface area contributed by atoms with Crippen LogP contribution in [0, 0.1) is 11.8 Å². The summed E-state index contributed by atoms with van der Waals surface area (Å²) in [4.78, 5) is 28.5. The molecule has 0 heterocycles. The SMILES string of the molecule is CCCCCC1CCC(c2ccc(-c3ccc(C(=O)Oc4ccc5c(c4-c4c(OC(=O)c6ccc(-c7ccc(C8CCC(CCCCC)CC8)cc7)cc6)ccc6c4CCCC6)CCCC5)cc3)cc2)CC1. The van der Waals surface area contributed by atoms with E-state index in [0.717, 1.165) is 96.6 Å². The van der Waals surface area contributed by atoms with Crippen molar-refractivity contribution in [2.45, 2.75) is 180 Å². The molecule has 0 atom stereocenters. The summed E-state index contributed by atoms with van der Waals surface area (Å²) in [6.45, 7) is 4.59. The van der Waals surface area contributed by atoms with Crippen molar-refractivity contribution in [2.24, 2.45) is 11.8 Å². The molecule has 6 aromatic rings. The maximum atomic E-state index is 14.2. The van der Waals surface area contributed by atoms with Crippen molar-refractivity contribution in [3.8, 4) is 44.9 Å². The minimum Gasteiger partial charge on any atom is -0.422 e. The Morgan fingerprint density at radius 3 is 1.11 bits per heavy atom. The van der Waals surface area contributed by atoms with Crippen LogP contribution in [0.25, 0.3) is 33.4 Å². The first-order valence-corrected chi connectivity index (χ1v) is 28.6. The first-order valence-electron chi connectivity index (χ1n) is 28.6. The van der Waals surface area contributed by atoms with E-state index in [4.69, 9.17) is 9.47 Å². The van der Waals surface area contributed by atoms with E-state index in [1.165, 1.54) is 136 Å². The molecule has 374 valence electrons. The van der Waals surface area contributed by atoms with Crippen LogP contribution < -0.4 is 9.47 Å². The van der Waals surface area contributed by atoms with Gasteiger partial charge in [0.2, 0.25) is 0 Å². The van der Waals surface area contributed by atoms with Gasteiger partial charge in [0.1, 0.15) is 11.5 Å². The number of aryl methyl sites for hydroxylation is 2. The van der Waals surface area contributed by atoms with E-state index in [2.05, 4.69) is 74.5 Å². The third-order valence-corrected chi connectivity index (χ3v) is 17.4. The molecule has 0 saturated heterocycles. The number of fused-ring (bicyclic) bond motifs is 2. The molecule has 4 aliphatic rings. The zero-order valence-electron chi connectivity index (χ0n) is 43.5. The van der Waals surface area contributed by atoms with Crippen molar-refractivity contribution in [1.82, 2.24) is 0 Å². The van der Waals surface area contributed by atoms with Crippen LogP contribution in [0.3, 0.4) is 0 Å². The van der Waals surface area contributed by atoms with E-state index < -0.39 is 11.9 Å². The molecule has 0 radical (unpaired) electrons. The molecule has 6 aromatic carbocycles. The van der Waals surface area contributed by atoms with Crippen LogP contribution in [0.2, 0.25) is 0 Å². The van der Waals surface area contributed by atoms with Gasteiger partial charge in [-0.05, 0) is 218 Å². The predicted octanol–water partition coefficient (Wildman–Crippen LogP) is 18.6. The first kappa shape index (κ1) is 49.8. The zero-order chi connectivity index (χ0) is 49.2. The highest BCUT2D eigenvalue weighted by molar-refractivity contribution is 5.96. The lowest BCUT2D eigenvalue weighted by Gasteiger charge is -2.29. The van der Waals surface area contributed by atoms with Gasteiger partial charge in [-0.1, -0.05) is 150 Å². The van der Waals surface area contributed by atoms with Gasteiger partial charge < -0.3 is 9.47 Å². The Labute approximate surface area is 431 Å². The molecule has 4 nitrogen and oxygen atoms in total. The lowest BCUT2D eigenvalue weighted by molar-refractivity contribution is 0.0723. The number of esters is 2. The minimum atomic E-state index is -0.391. The van der Waals surface area contributed by atoms with Gasteiger partial charge >= 0.3 is 11.9 Å². The Morgan fingerprint density at radius 2 is 0.750 bits per heavy atom. The highest BCUT2D eigenvalue weighted by Crippen LogP contribution is 2.48. The van der Waals surface area contributed by atoms with E-state index in [-0.39, 0.29) is 0 Å². The summed E-state index contributed by atoms with van der Waals surface area (Å²) in [7, 11) is 0. The molecule has 0 unspecified atom stereocenters. The van der Waals surface area contributed by atoms with Crippen LogP contribution in [0.5, 0.6) is 11.5 Å². The van der Waals surface area contributed by atoms with Crippen LogP contribution >= 0.6 is 0 Å². The number of carbonyl (C=O) groups is 2. The zero-order valence-corrected chi connectivity index (χ0v) is 43.5. The highest BCUT2D eigenvalue weighted by Gasteiger charge is 2.29.